The molecule has 0 aliphatic heterocycles. The Balaban J connectivity index is 1.77. The van der Waals surface area contributed by atoms with E-state index in [9.17, 15) is 9.90 Å². The van der Waals surface area contributed by atoms with Crippen LogP contribution in [0.5, 0.6) is 5.75 Å². The first-order valence-electron chi connectivity index (χ1n) is 10.7. The zero-order valence-corrected chi connectivity index (χ0v) is 20.7. The smallest absolute Gasteiger partial charge is 0.257 e. The van der Waals surface area contributed by atoms with Gasteiger partial charge in [0.05, 0.1) is 29.0 Å². The number of para-hydroxylation sites is 1. The molecule has 0 saturated carbocycles. The molecule has 1 aromatic carbocycles. The van der Waals surface area contributed by atoms with Crippen molar-refractivity contribution in [1.29, 1.82) is 0 Å². The molecule has 3 heterocycles. The van der Waals surface area contributed by atoms with Gasteiger partial charge in [-0.25, -0.2) is 9.97 Å². The highest BCUT2D eigenvalue weighted by atomic mass is 32.1. The summed E-state index contributed by atoms with van der Waals surface area (Å²) in [5.74, 6) is 1.82. The van der Waals surface area contributed by atoms with Crippen molar-refractivity contribution >= 4 is 46.3 Å². The highest BCUT2D eigenvalue weighted by Gasteiger charge is 2.31. The van der Waals surface area contributed by atoms with Crippen molar-refractivity contribution in [1.82, 2.24) is 23.6 Å². The molecule has 0 aliphatic rings. The van der Waals surface area contributed by atoms with E-state index in [-0.39, 0.29) is 28.7 Å². The van der Waals surface area contributed by atoms with Crippen LogP contribution in [0.4, 0.5) is 17.3 Å². The normalized spacial score (nSPS) is 12.5. The molecule has 10 nitrogen and oxygen atoms in total. The van der Waals surface area contributed by atoms with E-state index in [0.717, 1.165) is 23.2 Å². The number of fused-ring (bicyclic) bond motifs is 1. The Morgan fingerprint density at radius 2 is 1.76 bits per heavy atom. The Labute approximate surface area is 201 Å². The van der Waals surface area contributed by atoms with Crippen molar-refractivity contribution in [2.75, 3.05) is 24.7 Å². The van der Waals surface area contributed by atoms with Crippen molar-refractivity contribution in [3.63, 3.8) is 0 Å². The summed E-state index contributed by atoms with van der Waals surface area (Å²) in [6, 6.07) is 8.52. The second-order valence-electron chi connectivity index (χ2n) is 9.25. The number of anilines is 3. The molecular weight excluding hydrogens is 454 g/mol. The maximum atomic E-state index is 12.5. The first kappa shape index (κ1) is 23.4. The molecule has 0 spiro atoms. The Morgan fingerprint density at radius 1 is 1.09 bits per heavy atom. The number of nitrogens with zero attached hydrogens (tertiary/aromatic N) is 5. The summed E-state index contributed by atoms with van der Waals surface area (Å²) in [6.45, 7) is 8.17. The van der Waals surface area contributed by atoms with E-state index in [4.69, 9.17) is 4.42 Å². The van der Waals surface area contributed by atoms with Gasteiger partial charge in [0, 0.05) is 14.1 Å². The second-order valence-corrected chi connectivity index (χ2v) is 9.78. The molecule has 178 valence electrons. The monoisotopic (exact) mass is 481 g/mol. The van der Waals surface area contributed by atoms with Gasteiger partial charge in [0.1, 0.15) is 11.5 Å². The third-order valence-corrected chi connectivity index (χ3v) is 5.74. The van der Waals surface area contributed by atoms with E-state index in [2.05, 4.69) is 50.1 Å². The fourth-order valence-corrected chi connectivity index (χ4v) is 3.91. The summed E-state index contributed by atoms with van der Waals surface area (Å²) in [5, 5.41) is 17.4. The van der Waals surface area contributed by atoms with Crippen LogP contribution in [0.3, 0.4) is 0 Å². The number of hydrogen-bond acceptors (Lipinski definition) is 10. The summed E-state index contributed by atoms with van der Waals surface area (Å²) in [5.41, 5.74) is 1.03. The van der Waals surface area contributed by atoms with Gasteiger partial charge in [0.2, 0.25) is 11.3 Å². The Kier molecular flexibility index (Phi) is 6.13. The molecule has 3 N–H and O–H groups in total. The summed E-state index contributed by atoms with van der Waals surface area (Å²) in [4.78, 5) is 23.1. The molecule has 0 aliphatic carbocycles. The number of rotatable bonds is 6. The Hall–Kier alpha value is -3.73. The van der Waals surface area contributed by atoms with E-state index in [0.29, 0.717) is 28.6 Å². The average Bonchev–Trinajstić information content (AvgIpc) is 3.40. The number of phenols is 1. The summed E-state index contributed by atoms with van der Waals surface area (Å²) in [7, 11) is 3.25. The van der Waals surface area contributed by atoms with E-state index in [1.54, 1.807) is 32.3 Å². The molecule has 0 fully saturated rings. The molecule has 4 aromatic rings. The third kappa shape index (κ3) is 4.65. The van der Waals surface area contributed by atoms with Gasteiger partial charge in [-0.2, -0.15) is 8.75 Å². The molecule has 1 atom stereocenters. The van der Waals surface area contributed by atoms with Crippen molar-refractivity contribution in [2.24, 2.45) is 5.41 Å². The highest BCUT2D eigenvalue weighted by molar-refractivity contribution is 6.99. The van der Waals surface area contributed by atoms with Crippen molar-refractivity contribution in [3.8, 4) is 5.75 Å². The van der Waals surface area contributed by atoms with Gasteiger partial charge < -0.3 is 25.1 Å². The van der Waals surface area contributed by atoms with Crippen LogP contribution >= 0.6 is 11.7 Å². The summed E-state index contributed by atoms with van der Waals surface area (Å²) >= 11 is 1.01. The molecule has 0 radical (unpaired) electrons. The number of aryl methyl sites for hydroxylation is 1. The lowest BCUT2D eigenvalue weighted by molar-refractivity contribution is 0.0824. The molecule has 1 amide bonds. The number of aromatic hydroxyl groups is 1. The van der Waals surface area contributed by atoms with Gasteiger partial charge in [-0.1, -0.05) is 26.8 Å². The summed E-state index contributed by atoms with van der Waals surface area (Å²) < 4.78 is 14.3. The first-order chi connectivity index (χ1) is 16.0. The molecule has 0 bridgehead atoms. The number of aromatic nitrogens is 4. The lowest BCUT2D eigenvalue weighted by Gasteiger charge is -2.30. The number of hydrogen-bond donors (Lipinski definition) is 3. The fraction of sp³-hybridized carbons (Fsp3) is 0.348. The zero-order valence-electron chi connectivity index (χ0n) is 19.9. The zero-order chi connectivity index (χ0) is 24.6. The lowest BCUT2D eigenvalue weighted by atomic mass is 9.85. The largest absolute Gasteiger partial charge is 0.505 e. The number of amides is 1. The standard InChI is InChI=1S/C23H27N7O3S/c1-12-10-11-15(33-12)17(23(2,3)4)25-19-18(26-20-21(27-19)29-34-28-20)24-14-9-7-8-13(16(14)31)22(32)30(5)6/h7-11,17,31H,1-6H3,(H,24,26,28)(H,25,27,29)/t17-/m0/s1. The second kappa shape index (κ2) is 8.90. The highest BCUT2D eigenvalue weighted by Crippen LogP contribution is 2.39. The van der Waals surface area contributed by atoms with Gasteiger partial charge in [-0.05, 0) is 36.6 Å². The van der Waals surface area contributed by atoms with Crippen LogP contribution in [-0.2, 0) is 0 Å². The molecule has 0 unspecified atom stereocenters. The first-order valence-corrected chi connectivity index (χ1v) is 11.4. The van der Waals surface area contributed by atoms with Crippen LogP contribution < -0.4 is 10.6 Å². The van der Waals surface area contributed by atoms with E-state index in [1.807, 2.05) is 19.1 Å². The number of benzene rings is 1. The van der Waals surface area contributed by atoms with Crippen LogP contribution in [0, 0.1) is 12.3 Å². The van der Waals surface area contributed by atoms with Crippen LogP contribution in [-0.4, -0.2) is 48.7 Å². The van der Waals surface area contributed by atoms with Crippen LogP contribution in [0.25, 0.3) is 11.3 Å². The van der Waals surface area contributed by atoms with E-state index < -0.39 is 0 Å². The van der Waals surface area contributed by atoms with Crippen LogP contribution in [0.1, 0.15) is 48.7 Å². The number of nitrogens with one attached hydrogen (secondary N) is 2. The average molecular weight is 482 g/mol. The lowest BCUT2D eigenvalue weighted by Crippen LogP contribution is -2.26. The van der Waals surface area contributed by atoms with Crippen molar-refractivity contribution in [2.45, 2.75) is 33.7 Å². The molecule has 4 rings (SSSR count). The topological polar surface area (TPSA) is 129 Å². The van der Waals surface area contributed by atoms with Gasteiger partial charge in [-0.15, -0.1) is 0 Å². The minimum atomic E-state index is -0.314. The van der Waals surface area contributed by atoms with E-state index in [1.165, 1.54) is 4.90 Å². The van der Waals surface area contributed by atoms with Crippen LogP contribution in [0.2, 0.25) is 0 Å². The minimum absolute atomic E-state index is 0.174. The molecular formula is C23H27N7O3S. The van der Waals surface area contributed by atoms with E-state index >= 15 is 0 Å². The Bertz CT molecular complexity index is 1340. The molecule has 11 heteroatoms. The predicted molar refractivity (Wildman–Crippen MR) is 132 cm³/mol. The number of carbonyl (C=O) groups excluding carboxylic acids is 1. The van der Waals surface area contributed by atoms with Gasteiger partial charge in [0.25, 0.3) is 5.91 Å². The predicted octanol–water partition coefficient (Wildman–Crippen LogP) is 4.73. The van der Waals surface area contributed by atoms with Gasteiger partial charge in [0.15, 0.2) is 17.4 Å². The minimum Gasteiger partial charge on any atom is -0.505 e. The van der Waals surface area contributed by atoms with Gasteiger partial charge >= 0.3 is 0 Å². The molecule has 0 saturated heterocycles. The SMILES string of the molecule is Cc1ccc([C@H](Nc2nc3nsnc3nc2Nc2cccc(C(=O)N(C)C)c2O)C(C)(C)C)o1. The van der Waals surface area contributed by atoms with Crippen molar-refractivity contribution < 1.29 is 14.3 Å². The maximum Gasteiger partial charge on any atom is 0.257 e. The number of furan rings is 1. The quantitative estimate of drug-likeness (QED) is 0.335. The van der Waals surface area contributed by atoms with Crippen LogP contribution in [0.15, 0.2) is 34.7 Å². The summed E-state index contributed by atoms with van der Waals surface area (Å²) in [6.07, 6.45) is 0. The number of phenolic OH excluding ortho intramolecular Hbond substituents is 1. The Morgan fingerprint density at radius 3 is 2.35 bits per heavy atom. The molecule has 34 heavy (non-hydrogen) atoms. The maximum absolute atomic E-state index is 12.5. The van der Waals surface area contributed by atoms with Gasteiger partial charge in [-0.3, -0.25) is 4.79 Å². The third-order valence-electron chi connectivity index (χ3n) is 5.23. The fourth-order valence-electron chi connectivity index (χ4n) is 3.47. The number of carbonyl (C=O) groups is 1. The molecule has 3 aromatic heterocycles. The van der Waals surface area contributed by atoms with Crippen molar-refractivity contribution in [3.05, 3.63) is 47.4 Å².